The third kappa shape index (κ3) is 4.95. The number of nitrogens with zero attached hydrogens (tertiary/aromatic N) is 3. The lowest BCUT2D eigenvalue weighted by atomic mass is 10.1. The number of carboxylic acids is 1. The van der Waals surface area contributed by atoms with Gasteiger partial charge in [0.15, 0.2) is 0 Å². The molecule has 0 aliphatic heterocycles. The third-order valence-corrected chi connectivity index (χ3v) is 3.48. The van der Waals surface area contributed by atoms with E-state index in [1.807, 2.05) is 11.9 Å². The van der Waals surface area contributed by atoms with Crippen molar-refractivity contribution in [1.29, 1.82) is 0 Å². The highest BCUT2D eigenvalue weighted by atomic mass is 16.5. The van der Waals surface area contributed by atoms with E-state index in [0.717, 1.165) is 6.54 Å². The molecule has 1 aromatic rings. The molecule has 0 aliphatic rings. The van der Waals surface area contributed by atoms with Crippen LogP contribution in [0.5, 0.6) is 0 Å². The van der Waals surface area contributed by atoms with Gasteiger partial charge in [-0.25, -0.2) is 4.79 Å². The van der Waals surface area contributed by atoms with Gasteiger partial charge in [0.1, 0.15) is 0 Å². The number of hydrogen-bond donors (Lipinski definition) is 1. The second-order valence-electron chi connectivity index (χ2n) is 5.06. The van der Waals surface area contributed by atoms with E-state index >= 15 is 0 Å². The lowest BCUT2D eigenvalue weighted by molar-refractivity contribution is -0.136. The van der Waals surface area contributed by atoms with Gasteiger partial charge < -0.3 is 14.7 Å². The Hall–Kier alpha value is -1.73. The van der Waals surface area contributed by atoms with E-state index in [-0.39, 0.29) is 12.1 Å². The summed E-state index contributed by atoms with van der Waals surface area (Å²) in [5.74, 6) is -0.926. The normalized spacial score (nSPS) is 11.1. The predicted octanol–water partition coefficient (Wildman–Crippen LogP) is 0.0654. The minimum atomic E-state index is -0.926. The fourth-order valence-electron chi connectivity index (χ4n) is 2.14. The molecule has 0 amide bonds. The van der Waals surface area contributed by atoms with Crippen molar-refractivity contribution in [1.82, 2.24) is 14.5 Å². The predicted molar refractivity (Wildman–Crippen MR) is 78.7 cm³/mol. The zero-order chi connectivity index (χ0) is 16.0. The number of ether oxygens (including phenoxy) is 1. The smallest absolute Gasteiger partial charge is 0.348 e. The number of likely N-dealkylation sites (N-methyl/N-ethyl adjacent to an activating group) is 1. The Morgan fingerprint density at radius 3 is 2.62 bits per heavy atom. The maximum atomic E-state index is 12.0. The second kappa shape index (κ2) is 7.90. The monoisotopic (exact) mass is 297 g/mol. The summed E-state index contributed by atoms with van der Waals surface area (Å²) < 4.78 is 6.54. The number of methoxy groups -OCH3 is 1. The van der Waals surface area contributed by atoms with Gasteiger partial charge in [-0.2, -0.15) is 4.98 Å². The molecule has 1 rings (SSSR count). The number of rotatable bonds is 8. The molecule has 0 atom stereocenters. The Kier molecular flexibility index (Phi) is 6.51. The summed E-state index contributed by atoms with van der Waals surface area (Å²) in [6.45, 7) is 5.98. The Labute approximate surface area is 124 Å². The van der Waals surface area contributed by atoms with Gasteiger partial charge in [-0.15, -0.1) is 0 Å². The van der Waals surface area contributed by atoms with Crippen LogP contribution in [0.4, 0.5) is 0 Å². The summed E-state index contributed by atoms with van der Waals surface area (Å²) in [5, 5.41) is 8.95. The van der Waals surface area contributed by atoms with Gasteiger partial charge in [0.25, 0.3) is 0 Å². The van der Waals surface area contributed by atoms with Crippen LogP contribution in [0.25, 0.3) is 0 Å². The Morgan fingerprint density at radius 2 is 2.05 bits per heavy atom. The van der Waals surface area contributed by atoms with Crippen molar-refractivity contribution in [3.05, 3.63) is 27.4 Å². The largest absolute Gasteiger partial charge is 0.481 e. The summed E-state index contributed by atoms with van der Waals surface area (Å²) in [7, 11) is 3.59. The highest BCUT2D eigenvalue weighted by Gasteiger charge is 2.14. The molecule has 0 bridgehead atoms. The molecule has 1 aromatic heterocycles. The van der Waals surface area contributed by atoms with Gasteiger partial charge in [-0.3, -0.25) is 9.36 Å². The van der Waals surface area contributed by atoms with E-state index in [2.05, 4.69) is 4.98 Å². The van der Waals surface area contributed by atoms with Crippen molar-refractivity contribution in [3.63, 3.8) is 0 Å². The van der Waals surface area contributed by atoms with Crippen LogP contribution in [0.3, 0.4) is 0 Å². The molecule has 0 saturated heterocycles. The van der Waals surface area contributed by atoms with Crippen molar-refractivity contribution in [2.45, 2.75) is 26.8 Å². The van der Waals surface area contributed by atoms with E-state index in [0.29, 0.717) is 36.6 Å². The molecule has 7 nitrogen and oxygen atoms in total. The quantitative estimate of drug-likeness (QED) is 0.730. The average Bonchev–Trinajstić information content (AvgIpc) is 2.40. The fraction of sp³-hybridized carbons (Fsp3) is 0.643. The highest BCUT2D eigenvalue weighted by Crippen LogP contribution is 2.10. The topological polar surface area (TPSA) is 84.7 Å². The number of aliphatic carboxylic acids is 1. The molecular formula is C14H23N3O4. The van der Waals surface area contributed by atoms with Gasteiger partial charge in [-0.1, -0.05) is 0 Å². The zero-order valence-electron chi connectivity index (χ0n) is 13.0. The second-order valence-corrected chi connectivity index (χ2v) is 5.06. The van der Waals surface area contributed by atoms with Gasteiger partial charge in [-0.05, 0) is 20.9 Å². The zero-order valence-corrected chi connectivity index (χ0v) is 13.0. The lowest BCUT2D eigenvalue weighted by Crippen LogP contribution is -2.34. The van der Waals surface area contributed by atoms with Crippen molar-refractivity contribution in [2.75, 3.05) is 33.9 Å². The van der Waals surface area contributed by atoms with Crippen LogP contribution in [-0.4, -0.2) is 59.4 Å². The van der Waals surface area contributed by atoms with Crippen molar-refractivity contribution in [3.8, 4) is 0 Å². The first-order valence-corrected chi connectivity index (χ1v) is 6.83. The van der Waals surface area contributed by atoms with Crippen LogP contribution < -0.4 is 5.69 Å². The van der Waals surface area contributed by atoms with Crippen LogP contribution in [0, 0.1) is 13.8 Å². The van der Waals surface area contributed by atoms with Crippen LogP contribution in [0.2, 0.25) is 0 Å². The van der Waals surface area contributed by atoms with E-state index < -0.39 is 5.97 Å². The number of aryl methyl sites for hydroxylation is 1. The molecule has 0 aliphatic carbocycles. The Morgan fingerprint density at radius 1 is 1.38 bits per heavy atom. The summed E-state index contributed by atoms with van der Waals surface area (Å²) in [6.07, 6.45) is -0.121. The maximum Gasteiger partial charge on any atom is 0.348 e. The molecule has 1 heterocycles. The molecule has 0 fully saturated rings. The van der Waals surface area contributed by atoms with E-state index in [1.165, 1.54) is 4.57 Å². The number of hydrogen-bond acceptors (Lipinski definition) is 5. The lowest BCUT2D eigenvalue weighted by Gasteiger charge is -2.19. The first-order chi connectivity index (χ1) is 9.86. The first kappa shape index (κ1) is 17.3. The molecule has 0 aromatic carbocycles. The summed E-state index contributed by atoms with van der Waals surface area (Å²) in [5.41, 5.74) is 1.44. The number of carboxylic acid groups (broad SMARTS) is 1. The maximum absolute atomic E-state index is 12.0. The van der Waals surface area contributed by atoms with Crippen molar-refractivity contribution < 1.29 is 14.6 Å². The van der Waals surface area contributed by atoms with Crippen LogP contribution in [0.1, 0.15) is 17.0 Å². The summed E-state index contributed by atoms with van der Waals surface area (Å²) >= 11 is 0. The third-order valence-electron chi connectivity index (χ3n) is 3.48. The summed E-state index contributed by atoms with van der Waals surface area (Å²) in [6, 6.07) is 0. The molecule has 0 unspecified atom stereocenters. The first-order valence-electron chi connectivity index (χ1n) is 6.83. The van der Waals surface area contributed by atoms with Gasteiger partial charge in [0.2, 0.25) is 0 Å². The molecule has 21 heavy (non-hydrogen) atoms. The summed E-state index contributed by atoms with van der Waals surface area (Å²) in [4.78, 5) is 28.9. The molecule has 118 valence electrons. The van der Waals surface area contributed by atoms with Crippen LogP contribution >= 0.6 is 0 Å². The number of carbonyl (C=O) groups is 1. The van der Waals surface area contributed by atoms with Gasteiger partial charge >= 0.3 is 11.7 Å². The molecule has 0 radical (unpaired) electrons. The minimum Gasteiger partial charge on any atom is -0.481 e. The van der Waals surface area contributed by atoms with E-state index in [9.17, 15) is 9.59 Å². The van der Waals surface area contributed by atoms with Crippen LogP contribution in [0.15, 0.2) is 4.79 Å². The Balaban J connectivity index is 2.91. The van der Waals surface area contributed by atoms with Crippen molar-refractivity contribution >= 4 is 5.97 Å². The molecule has 1 N–H and O–H groups in total. The molecule has 0 saturated carbocycles. The molecule has 7 heteroatoms. The SMILES string of the molecule is COCCN(C)CCn1c(C)c(CC(=O)O)c(C)nc1=O. The van der Waals surface area contributed by atoms with Gasteiger partial charge in [0, 0.05) is 43.7 Å². The standard InChI is InChI=1S/C14H23N3O4/c1-10-12(9-13(18)19)11(2)17(14(20)15-10)6-5-16(3)7-8-21-4/h5-9H2,1-4H3,(H,18,19). The van der Waals surface area contributed by atoms with Crippen molar-refractivity contribution in [2.24, 2.45) is 0 Å². The fourth-order valence-corrected chi connectivity index (χ4v) is 2.14. The van der Waals surface area contributed by atoms with Gasteiger partial charge in [0.05, 0.1) is 13.0 Å². The highest BCUT2D eigenvalue weighted by molar-refractivity contribution is 5.70. The van der Waals surface area contributed by atoms with Crippen LogP contribution in [-0.2, 0) is 22.5 Å². The molecular weight excluding hydrogens is 274 g/mol. The Bertz CT molecular complexity index is 554. The minimum absolute atomic E-state index is 0.121. The van der Waals surface area contributed by atoms with E-state index in [1.54, 1.807) is 21.0 Å². The average molecular weight is 297 g/mol. The van der Waals surface area contributed by atoms with E-state index in [4.69, 9.17) is 9.84 Å². The molecule has 0 spiro atoms. The number of aromatic nitrogens is 2.